The van der Waals surface area contributed by atoms with E-state index < -0.39 is 0 Å². The number of fused-ring (bicyclic) bond motifs is 1. The summed E-state index contributed by atoms with van der Waals surface area (Å²) in [6.45, 7) is 5.18. The SMILES string of the molecule is CC1CCN(C(=O)CN2CCOc3ccc(Cl)cc32)C(CN)C1.Cl.Cl. The van der Waals surface area contributed by atoms with Crippen LogP contribution >= 0.6 is 36.4 Å². The monoisotopic (exact) mass is 409 g/mol. The highest BCUT2D eigenvalue weighted by atomic mass is 35.5. The Balaban J connectivity index is 0.00000156. The van der Waals surface area contributed by atoms with Crippen LogP contribution in [0, 0.1) is 5.92 Å². The molecule has 2 heterocycles. The summed E-state index contributed by atoms with van der Waals surface area (Å²) >= 11 is 6.09. The number of halogens is 3. The van der Waals surface area contributed by atoms with Gasteiger partial charge in [0.05, 0.1) is 18.8 Å². The van der Waals surface area contributed by atoms with Crippen LogP contribution in [0.2, 0.25) is 5.02 Å². The molecule has 2 N–H and O–H groups in total. The fourth-order valence-corrected chi connectivity index (χ4v) is 3.63. The molecular formula is C17H26Cl3N3O2. The van der Waals surface area contributed by atoms with E-state index in [4.69, 9.17) is 22.1 Å². The van der Waals surface area contributed by atoms with E-state index in [1.54, 1.807) is 0 Å². The third kappa shape index (κ3) is 5.07. The first-order chi connectivity index (χ1) is 11.1. The molecule has 1 aromatic carbocycles. The lowest BCUT2D eigenvalue weighted by molar-refractivity contribution is -0.133. The maximum Gasteiger partial charge on any atom is 0.242 e. The fraction of sp³-hybridized carbons (Fsp3) is 0.588. The van der Waals surface area contributed by atoms with Gasteiger partial charge in [0.25, 0.3) is 0 Å². The minimum Gasteiger partial charge on any atom is -0.490 e. The highest BCUT2D eigenvalue weighted by Gasteiger charge is 2.30. The first-order valence-electron chi connectivity index (χ1n) is 8.25. The van der Waals surface area contributed by atoms with Crippen molar-refractivity contribution in [3.8, 4) is 5.75 Å². The van der Waals surface area contributed by atoms with E-state index in [2.05, 4.69) is 11.8 Å². The van der Waals surface area contributed by atoms with Crippen molar-refractivity contribution < 1.29 is 9.53 Å². The number of hydrogen-bond donors (Lipinski definition) is 1. The number of carbonyl (C=O) groups excluding carboxylic acids is 1. The van der Waals surface area contributed by atoms with E-state index in [-0.39, 0.29) is 36.8 Å². The first-order valence-corrected chi connectivity index (χ1v) is 8.63. The molecule has 3 rings (SSSR count). The zero-order valence-corrected chi connectivity index (χ0v) is 16.7. The van der Waals surface area contributed by atoms with Crippen LogP contribution in [0.15, 0.2) is 18.2 Å². The van der Waals surface area contributed by atoms with Crippen LogP contribution in [0.3, 0.4) is 0 Å². The molecule has 1 aromatic rings. The molecule has 2 aliphatic heterocycles. The van der Waals surface area contributed by atoms with Gasteiger partial charge < -0.3 is 20.3 Å². The second-order valence-electron chi connectivity index (χ2n) is 6.49. The van der Waals surface area contributed by atoms with E-state index in [9.17, 15) is 4.79 Å². The van der Waals surface area contributed by atoms with Crippen molar-refractivity contribution in [2.24, 2.45) is 11.7 Å². The number of benzene rings is 1. The summed E-state index contributed by atoms with van der Waals surface area (Å²) in [6.07, 6.45) is 2.04. The van der Waals surface area contributed by atoms with Crippen LogP contribution in [-0.2, 0) is 4.79 Å². The molecule has 2 aliphatic rings. The lowest BCUT2D eigenvalue weighted by atomic mass is 9.92. The number of amides is 1. The number of nitrogens with zero attached hydrogens (tertiary/aromatic N) is 2. The quantitative estimate of drug-likeness (QED) is 0.832. The lowest BCUT2D eigenvalue weighted by Crippen LogP contribution is -2.52. The van der Waals surface area contributed by atoms with Crippen molar-refractivity contribution in [1.82, 2.24) is 4.90 Å². The molecular weight excluding hydrogens is 385 g/mol. The number of carbonyl (C=O) groups is 1. The fourth-order valence-electron chi connectivity index (χ4n) is 3.47. The topological polar surface area (TPSA) is 58.8 Å². The zero-order chi connectivity index (χ0) is 16.4. The molecule has 0 spiro atoms. The van der Waals surface area contributed by atoms with Crippen LogP contribution in [-0.4, -0.2) is 49.6 Å². The highest BCUT2D eigenvalue weighted by molar-refractivity contribution is 6.31. The Morgan fingerprint density at radius 3 is 2.84 bits per heavy atom. The van der Waals surface area contributed by atoms with Crippen molar-refractivity contribution in [2.45, 2.75) is 25.8 Å². The number of likely N-dealkylation sites (tertiary alicyclic amines) is 1. The molecule has 0 aliphatic carbocycles. The van der Waals surface area contributed by atoms with Gasteiger partial charge in [0, 0.05) is 24.2 Å². The number of rotatable bonds is 3. The van der Waals surface area contributed by atoms with E-state index >= 15 is 0 Å². The second kappa shape index (κ2) is 9.72. The summed E-state index contributed by atoms with van der Waals surface area (Å²) in [5.74, 6) is 1.56. The van der Waals surface area contributed by atoms with Gasteiger partial charge in [-0.15, -0.1) is 24.8 Å². The van der Waals surface area contributed by atoms with Crippen LogP contribution < -0.4 is 15.4 Å². The Bertz CT molecular complexity index is 588. The van der Waals surface area contributed by atoms with E-state index in [1.165, 1.54) is 0 Å². The number of anilines is 1. The van der Waals surface area contributed by atoms with Gasteiger partial charge in [-0.05, 0) is 37.0 Å². The Labute approximate surface area is 166 Å². The van der Waals surface area contributed by atoms with E-state index in [0.717, 1.165) is 30.8 Å². The minimum atomic E-state index is 0. The normalized spacial score (nSPS) is 22.2. The van der Waals surface area contributed by atoms with Gasteiger partial charge in [0.1, 0.15) is 12.4 Å². The van der Waals surface area contributed by atoms with Gasteiger partial charge in [0.15, 0.2) is 0 Å². The molecule has 0 aromatic heterocycles. The van der Waals surface area contributed by atoms with Gasteiger partial charge in [-0.3, -0.25) is 4.79 Å². The summed E-state index contributed by atoms with van der Waals surface area (Å²) in [7, 11) is 0. The predicted octanol–water partition coefficient (Wildman–Crippen LogP) is 2.97. The maximum atomic E-state index is 12.8. The van der Waals surface area contributed by atoms with Gasteiger partial charge in [0.2, 0.25) is 5.91 Å². The molecule has 1 saturated heterocycles. The summed E-state index contributed by atoms with van der Waals surface area (Å²) in [6, 6.07) is 5.69. The van der Waals surface area contributed by atoms with Crippen LogP contribution in [0.5, 0.6) is 5.75 Å². The van der Waals surface area contributed by atoms with Gasteiger partial charge >= 0.3 is 0 Å². The summed E-state index contributed by atoms with van der Waals surface area (Å²) in [5, 5.41) is 0.651. The molecule has 8 heteroatoms. The Hall–Kier alpha value is -0.880. The Kier molecular flexibility index (Phi) is 8.61. The zero-order valence-electron chi connectivity index (χ0n) is 14.3. The van der Waals surface area contributed by atoms with Crippen molar-refractivity contribution in [3.63, 3.8) is 0 Å². The Morgan fingerprint density at radius 2 is 2.12 bits per heavy atom. The maximum absolute atomic E-state index is 12.8. The predicted molar refractivity (Wildman–Crippen MR) is 107 cm³/mol. The minimum absolute atomic E-state index is 0. The molecule has 25 heavy (non-hydrogen) atoms. The van der Waals surface area contributed by atoms with Crippen molar-refractivity contribution >= 4 is 48.0 Å². The average Bonchev–Trinajstić information content (AvgIpc) is 2.55. The summed E-state index contributed by atoms with van der Waals surface area (Å²) < 4.78 is 5.65. The van der Waals surface area contributed by atoms with Crippen LogP contribution in [0.4, 0.5) is 5.69 Å². The molecule has 2 unspecified atom stereocenters. The van der Waals surface area contributed by atoms with E-state index in [1.807, 2.05) is 23.1 Å². The average molecular weight is 411 g/mol. The standard InChI is InChI=1S/C17H24ClN3O2.2ClH/c1-12-4-5-21(14(8-12)10-19)17(22)11-20-6-7-23-16-3-2-13(18)9-15(16)20;;/h2-3,9,12,14H,4-8,10-11,19H2,1H3;2*1H. The van der Waals surface area contributed by atoms with Crippen LogP contribution in [0.25, 0.3) is 0 Å². The number of piperidine rings is 1. The first kappa shape index (κ1) is 22.2. The molecule has 5 nitrogen and oxygen atoms in total. The molecule has 0 saturated carbocycles. The molecule has 1 fully saturated rings. The van der Waals surface area contributed by atoms with Crippen molar-refractivity contribution in [1.29, 1.82) is 0 Å². The van der Waals surface area contributed by atoms with Gasteiger partial charge in [-0.2, -0.15) is 0 Å². The third-order valence-corrected chi connectivity index (χ3v) is 5.01. The molecule has 1 amide bonds. The number of nitrogens with two attached hydrogens (primary N) is 1. The van der Waals surface area contributed by atoms with Crippen LogP contribution in [0.1, 0.15) is 19.8 Å². The number of ether oxygens (including phenoxy) is 1. The summed E-state index contributed by atoms with van der Waals surface area (Å²) in [4.78, 5) is 16.8. The molecule has 142 valence electrons. The summed E-state index contributed by atoms with van der Waals surface area (Å²) in [5.41, 5.74) is 6.77. The van der Waals surface area contributed by atoms with Crippen molar-refractivity contribution in [2.75, 3.05) is 37.7 Å². The third-order valence-electron chi connectivity index (χ3n) is 4.78. The van der Waals surface area contributed by atoms with Gasteiger partial charge in [-0.1, -0.05) is 18.5 Å². The Morgan fingerprint density at radius 1 is 1.36 bits per heavy atom. The smallest absolute Gasteiger partial charge is 0.242 e. The molecule has 2 atom stereocenters. The lowest BCUT2D eigenvalue weighted by Gasteiger charge is -2.40. The molecule has 0 bridgehead atoms. The number of hydrogen-bond acceptors (Lipinski definition) is 4. The largest absolute Gasteiger partial charge is 0.490 e. The van der Waals surface area contributed by atoms with Gasteiger partial charge in [-0.25, -0.2) is 0 Å². The highest BCUT2D eigenvalue weighted by Crippen LogP contribution is 2.34. The molecule has 0 radical (unpaired) electrons. The van der Waals surface area contributed by atoms with E-state index in [0.29, 0.717) is 37.2 Å². The van der Waals surface area contributed by atoms with Crippen molar-refractivity contribution in [3.05, 3.63) is 23.2 Å². The second-order valence-corrected chi connectivity index (χ2v) is 6.92.